The van der Waals surface area contributed by atoms with Crippen molar-refractivity contribution in [1.82, 2.24) is 0 Å². The molecule has 2 unspecified atom stereocenters. The fraction of sp³-hybridized carbons (Fsp3) is 0.333. The predicted molar refractivity (Wildman–Crippen MR) is 136 cm³/mol. The maximum absolute atomic E-state index is 12.6. The van der Waals surface area contributed by atoms with Gasteiger partial charge in [-0.1, -0.05) is 45.9 Å². The SMILES string of the molecule is COC(=O)C(CSSCC(CC(=O)c1ccccc1N)C(=O)OC)CC(=O)c1ccccc1N. The van der Waals surface area contributed by atoms with Gasteiger partial charge in [-0.25, -0.2) is 0 Å². The summed E-state index contributed by atoms with van der Waals surface area (Å²) in [6.07, 6.45) is -0.110. The van der Waals surface area contributed by atoms with E-state index in [4.69, 9.17) is 20.9 Å². The molecule has 8 nitrogen and oxygen atoms in total. The highest BCUT2D eigenvalue weighted by Crippen LogP contribution is 2.31. The molecule has 0 spiro atoms. The minimum absolute atomic E-state index is 0.0549. The van der Waals surface area contributed by atoms with Crippen LogP contribution in [0.2, 0.25) is 0 Å². The number of ketones is 2. The van der Waals surface area contributed by atoms with Gasteiger partial charge in [0, 0.05) is 46.8 Å². The Labute approximate surface area is 206 Å². The van der Waals surface area contributed by atoms with Crippen LogP contribution >= 0.6 is 21.6 Å². The van der Waals surface area contributed by atoms with Crippen LogP contribution in [0.15, 0.2) is 48.5 Å². The summed E-state index contributed by atoms with van der Waals surface area (Å²) in [6.45, 7) is 0. The van der Waals surface area contributed by atoms with Gasteiger partial charge in [-0.15, -0.1) is 0 Å². The number of rotatable bonds is 13. The molecule has 0 radical (unpaired) electrons. The van der Waals surface area contributed by atoms with Crippen molar-refractivity contribution in [2.24, 2.45) is 11.8 Å². The summed E-state index contributed by atoms with van der Waals surface area (Å²) in [4.78, 5) is 49.7. The van der Waals surface area contributed by atoms with Crippen LogP contribution in [-0.2, 0) is 19.1 Å². The van der Waals surface area contributed by atoms with E-state index in [0.717, 1.165) is 0 Å². The first-order valence-corrected chi connectivity index (χ1v) is 12.9. The van der Waals surface area contributed by atoms with Crippen molar-refractivity contribution in [3.63, 3.8) is 0 Å². The zero-order chi connectivity index (χ0) is 25.1. The lowest BCUT2D eigenvalue weighted by Crippen LogP contribution is -2.23. The number of carbonyl (C=O) groups excluding carboxylic acids is 4. The van der Waals surface area contributed by atoms with Crippen LogP contribution in [-0.4, -0.2) is 49.2 Å². The molecule has 2 aromatic carbocycles. The number of ether oxygens (including phenoxy) is 2. The maximum Gasteiger partial charge on any atom is 0.309 e. The molecule has 0 fully saturated rings. The van der Waals surface area contributed by atoms with Gasteiger partial charge in [0.25, 0.3) is 0 Å². The molecule has 4 N–H and O–H groups in total. The van der Waals surface area contributed by atoms with E-state index in [2.05, 4.69) is 0 Å². The number of hydrogen-bond acceptors (Lipinski definition) is 10. The van der Waals surface area contributed by atoms with Crippen molar-refractivity contribution in [2.75, 3.05) is 37.2 Å². The van der Waals surface area contributed by atoms with Gasteiger partial charge >= 0.3 is 11.9 Å². The van der Waals surface area contributed by atoms with Crippen molar-refractivity contribution < 1.29 is 28.7 Å². The number of methoxy groups -OCH3 is 2. The monoisotopic (exact) mass is 504 g/mol. The molecular weight excluding hydrogens is 476 g/mol. The Morgan fingerprint density at radius 2 is 1.06 bits per heavy atom. The summed E-state index contributed by atoms with van der Waals surface area (Å²) in [5.74, 6) is -2.32. The summed E-state index contributed by atoms with van der Waals surface area (Å²) in [7, 11) is 5.17. The summed E-state index contributed by atoms with van der Waals surface area (Å²) < 4.78 is 9.70. The zero-order valence-corrected chi connectivity index (χ0v) is 20.7. The lowest BCUT2D eigenvalue weighted by molar-refractivity contribution is -0.145. The van der Waals surface area contributed by atoms with E-state index in [1.54, 1.807) is 48.5 Å². The highest BCUT2D eigenvalue weighted by Gasteiger charge is 2.27. The molecule has 0 heterocycles. The molecule has 2 rings (SSSR count). The van der Waals surface area contributed by atoms with Crippen molar-refractivity contribution in [1.29, 1.82) is 0 Å². The van der Waals surface area contributed by atoms with Crippen LogP contribution in [0.4, 0.5) is 11.4 Å². The summed E-state index contributed by atoms with van der Waals surface area (Å²) in [6, 6.07) is 13.4. The molecule has 0 aliphatic rings. The number of Topliss-reactive ketones (excluding diaryl/α,β-unsaturated/α-hetero) is 2. The molecule has 0 aliphatic heterocycles. The van der Waals surface area contributed by atoms with Crippen molar-refractivity contribution in [2.45, 2.75) is 12.8 Å². The van der Waals surface area contributed by atoms with Crippen LogP contribution in [0.25, 0.3) is 0 Å². The van der Waals surface area contributed by atoms with E-state index >= 15 is 0 Å². The van der Waals surface area contributed by atoms with E-state index in [9.17, 15) is 19.2 Å². The van der Waals surface area contributed by atoms with Gasteiger partial charge in [-0.05, 0) is 24.3 Å². The number of para-hydroxylation sites is 2. The Kier molecular flexibility index (Phi) is 11.0. The Bertz CT molecular complexity index is 949. The number of esters is 2. The van der Waals surface area contributed by atoms with Crippen LogP contribution in [0.5, 0.6) is 0 Å². The molecule has 182 valence electrons. The molecule has 0 amide bonds. The standard InChI is InChI=1S/C24H28N2O6S2/c1-31-23(29)15(11-21(27)17-7-3-5-9-19(17)25)13-33-34-14-16(24(30)32-2)12-22(28)18-8-4-6-10-20(18)26/h3-10,15-16H,11-14,25-26H2,1-2H3. The first-order chi connectivity index (χ1) is 16.3. The third kappa shape index (κ3) is 7.81. The van der Waals surface area contributed by atoms with Gasteiger partial charge in [0.1, 0.15) is 0 Å². The van der Waals surface area contributed by atoms with Gasteiger partial charge in [0.15, 0.2) is 11.6 Å². The van der Waals surface area contributed by atoms with Crippen LogP contribution in [0.1, 0.15) is 33.6 Å². The molecule has 0 saturated carbocycles. The fourth-order valence-corrected chi connectivity index (χ4v) is 5.78. The summed E-state index contributed by atoms with van der Waals surface area (Å²) >= 11 is 0. The lowest BCUT2D eigenvalue weighted by atomic mass is 9.98. The highest BCUT2D eigenvalue weighted by atomic mass is 33.1. The van der Waals surface area contributed by atoms with E-state index in [0.29, 0.717) is 22.5 Å². The smallest absolute Gasteiger partial charge is 0.309 e. The Morgan fingerprint density at radius 3 is 1.38 bits per heavy atom. The van der Waals surface area contributed by atoms with Gasteiger partial charge in [0.05, 0.1) is 26.1 Å². The number of nitrogen functional groups attached to an aromatic ring is 2. The third-order valence-electron chi connectivity index (χ3n) is 5.08. The van der Waals surface area contributed by atoms with Crippen LogP contribution < -0.4 is 11.5 Å². The molecular formula is C24H28N2O6S2. The van der Waals surface area contributed by atoms with E-state index in [1.807, 2.05) is 0 Å². The Balaban J connectivity index is 1.95. The van der Waals surface area contributed by atoms with E-state index in [1.165, 1.54) is 35.8 Å². The molecule has 34 heavy (non-hydrogen) atoms. The summed E-state index contributed by atoms with van der Waals surface area (Å²) in [5.41, 5.74) is 13.2. The number of benzene rings is 2. The highest BCUT2D eigenvalue weighted by molar-refractivity contribution is 8.76. The Hall–Kier alpha value is -2.98. The first-order valence-electron chi connectivity index (χ1n) is 10.4. The maximum atomic E-state index is 12.6. The predicted octanol–water partition coefficient (Wildman–Crippen LogP) is 3.66. The van der Waals surface area contributed by atoms with Crippen molar-refractivity contribution >= 4 is 56.5 Å². The topological polar surface area (TPSA) is 139 Å². The second-order valence-electron chi connectivity index (χ2n) is 7.44. The van der Waals surface area contributed by atoms with Gasteiger partial charge in [-0.3, -0.25) is 19.2 Å². The zero-order valence-electron chi connectivity index (χ0n) is 19.0. The molecule has 2 aromatic rings. The number of carbonyl (C=O) groups is 4. The van der Waals surface area contributed by atoms with Crippen LogP contribution in [0.3, 0.4) is 0 Å². The number of hydrogen-bond donors (Lipinski definition) is 2. The molecule has 0 aliphatic carbocycles. The van der Waals surface area contributed by atoms with Crippen molar-refractivity contribution in [3.05, 3.63) is 59.7 Å². The average molecular weight is 505 g/mol. The van der Waals surface area contributed by atoms with E-state index < -0.39 is 23.8 Å². The second-order valence-corrected chi connectivity index (χ2v) is 9.99. The normalized spacial score (nSPS) is 12.4. The van der Waals surface area contributed by atoms with Crippen molar-refractivity contribution in [3.8, 4) is 0 Å². The molecule has 0 aromatic heterocycles. The third-order valence-corrected chi connectivity index (χ3v) is 7.64. The van der Waals surface area contributed by atoms with Gasteiger partial charge < -0.3 is 20.9 Å². The van der Waals surface area contributed by atoms with E-state index in [-0.39, 0.29) is 35.9 Å². The second kappa shape index (κ2) is 13.7. The minimum atomic E-state index is -0.683. The first kappa shape index (κ1) is 27.3. The molecule has 0 saturated heterocycles. The Morgan fingerprint density at radius 1 is 0.706 bits per heavy atom. The fourth-order valence-electron chi connectivity index (χ4n) is 3.18. The molecule has 0 bridgehead atoms. The summed E-state index contributed by atoms with van der Waals surface area (Å²) in [5, 5.41) is 0. The molecule has 10 heteroatoms. The average Bonchev–Trinajstić information content (AvgIpc) is 2.84. The van der Waals surface area contributed by atoms with Crippen LogP contribution in [0, 0.1) is 11.8 Å². The number of anilines is 2. The molecule has 2 atom stereocenters. The van der Waals surface area contributed by atoms with Gasteiger partial charge in [0.2, 0.25) is 0 Å². The number of nitrogens with two attached hydrogens (primary N) is 2. The minimum Gasteiger partial charge on any atom is -0.469 e. The quantitative estimate of drug-likeness (QED) is 0.137. The largest absolute Gasteiger partial charge is 0.469 e. The lowest BCUT2D eigenvalue weighted by Gasteiger charge is -2.16. The van der Waals surface area contributed by atoms with Gasteiger partial charge in [-0.2, -0.15) is 0 Å².